The molecule has 0 aliphatic carbocycles. The summed E-state index contributed by atoms with van der Waals surface area (Å²) in [7, 11) is 0. The molecular weight excluding hydrogens is 339 g/mol. The van der Waals surface area contributed by atoms with Crippen molar-refractivity contribution in [3.63, 3.8) is 0 Å². The number of halogens is 2. The normalized spacial score (nSPS) is 21.0. The van der Waals surface area contributed by atoms with E-state index in [1.54, 1.807) is 11.8 Å². The van der Waals surface area contributed by atoms with E-state index in [9.17, 15) is 4.79 Å². The summed E-state index contributed by atoms with van der Waals surface area (Å²) in [5.74, 6) is 1.14. The minimum atomic E-state index is 0. The largest absolute Gasteiger partial charge is 0.353 e. The van der Waals surface area contributed by atoms with Gasteiger partial charge >= 0.3 is 0 Å². The van der Waals surface area contributed by atoms with Gasteiger partial charge in [0, 0.05) is 28.4 Å². The lowest BCUT2D eigenvalue weighted by atomic mass is 10.0. The van der Waals surface area contributed by atoms with Crippen molar-refractivity contribution in [2.75, 3.05) is 12.3 Å². The van der Waals surface area contributed by atoms with E-state index in [4.69, 9.17) is 11.6 Å². The molecule has 1 aromatic rings. The summed E-state index contributed by atoms with van der Waals surface area (Å²) < 4.78 is 0. The molecular formula is C16H24Cl2N2OS. The molecule has 1 aliphatic rings. The van der Waals surface area contributed by atoms with Gasteiger partial charge in [-0.15, -0.1) is 24.2 Å². The van der Waals surface area contributed by atoms with Crippen LogP contribution < -0.4 is 10.6 Å². The van der Waals surface area contributed by atoms with Crippen LogP contribution in [0.5, 0.6) is 0 Å². The quantitative estimate of drug-likeness (QED) is 0.595. The van der Waals surface area contributed by atoms with Crippen molar-refractivity contribution in [1.82, 2.24) is 10.6 Å². The summed E-state index contributed by atoms with van der Waals surface area (Å²) in [6.45, 7) is 3.17. The first-order valence-corrected chi connectivity index (χ1v) is 8.91. The lowest BCUT2D eigenvalue weighted by molar-refractivity contribution is -0.122. The van der Waals surface area contributed by atoms with Crippen molar-refractivity contribution in [1.29, 1.82) is 0 Å². The van der Waals surface area contributed by atoms with Gasteiger partial charge in [0.2, 0.25) is 5.91 Å². The summed E-state index contributed by atoms with van der Waals surface area (Å²) in [4.78, 5) is 13.1. The molecule has 0 aromatic heterocycles. The van der Waals surface area contributed by atoms with E-state index < -0.39 is 0 Å². The zero-order valence-electron chi connectivity index (χ0n) is 12.8. The van der Waals surface area contributed by atoms with Crippen LogP contribution in [0.1, 0.15) is 32.6 Å². The molecule has 1 heterocycles. The molecule has 2 unspecified atom stereocenters. The highest BCUT2D eigenvalue weighted by molar-refractivity contribution is 7.99. The second kappa shape index (κ2) is 10.4. The summed E-state index contributed by atoms with van der Waals surface area (Å²) >= 11 is 7.62. The van der Waals surface area contributed by atoms with E-state index in [-0.39, 0.29) is 18.3 Å². The Balaban J connectivity index is 0.00000242. The first kappa shape index (κ1) is 19.6. The van der Waals surface area contributed by atoms with Gasteiger partial charge in [-0.2, -0.15) is 0 Å². The van der Waals surface area contributed by atoms with Crippen molar-refractivity contribution in [2.24, 2.45) is 0 Å². The van der Waals surface area contributed by atoms with E-state index in [1.807, 2.05) is 24.3 Å². The Morgan fingerprint density at radius 1 is 1.41 bits per heavy atom. The number of carbonyl (C=O) groups is 1. The fourth-order valence-electron chi connectivity index (χ4n) is 2.52. The second-order valence-corrected chi connectivity index (χ2v) is 7.15. The van der Waals surface area contributed by atoms with Crippen molar-refractivity contribution in [2.45, 2.75) is 49.6 Å². The molecule has 1 saturated heterocycles. The Labute approximate surface area is 148 Å². The average Bonchev–Trinajstić information content (AvgIpc) is 2.45. The number of benzene rings is 1. The number of hydrogen-bond acceptors (Lipinski definition) is 3. The van der Waals surface area contributed by atoms with Crippen LogP contribution in [0.4, 0.5) is 0 Å². The standard InChI is InChI=1S/C16H23ClN2OS.ClH/c1-12-11-14(8-9-18-12)19-16(20)3-2-10-21-15-6-4-13(17)5-7-15;/h4-7,12,14,18H,2-3,8-11H2,1H3,(H,19,20);1H. The van der Waals surface area contributed by atoms with Crippen LogP contribution in [0, 0.1) is 0 Å². The molecule has 2 rings (SSSR count). The highest BCUT2D eigenvalue weighted by Crippen LogP contribution is 2.21. The van der Waals surface area contributed by atoms with E-state index in [1.165, 1.54) is 4.90 Å². The molecule has 0 radical (unpaired) electrons. The molecule has 2 atom stereocenters. The van der Waals surface area contributed by atoms with Crippen molar-refractivity contribution >= 4 is 41.7 Å². The molecule has 22 heavy (non-hydrogen) atoms. The minimum absolute atomic E-state index is 0. The number of nitrogens with one attached hydrogen (secondary N) is 2. The predicted molar refractivity (Wildman–Crippen MR) is 97.3 cm³/mol. The lowest BCUT2D eigenvalue weighted by Gasteiger charge is -2.28. The van der Waals surface area contributed by atoms with Crippen LogP contribution in [-0.4, -0.2) is 30.3 Å². The molecule has 124 valence electrons. The molecule has 6 heteroatoms. The Kier molecular flexibility index (Phi) is 9.25. The Morgan fingerprint density at radius 2 is 2.14 bits per heavy atom. The topological polar surface area (TPSA) is 41.1 Å². The van der Waals surface area contributed by atoms with Gasteiger partial charge in [-0.3, -0.25) is 4.79 Å². The number of rotatable bonds is 6. The lowest BCUT2D eigenvalue weighted by Crippen LogP contribution is -2.46. The monoisotopic (exact) mass is 362 g/mol. The van der Waals surface area contributed by atoms with Gasteiger partial charge in [-0.1, -0.05) is 11.6 Å². The summed E-state index contributed by atoms with van der Waals surface area (Å²) in [5.41, 5.74) is 0. The molecule has 1 amide bonds. The Bertz CT molecular complexity index is 456. The maximum Gasteiger partial charge on any atom is 0.220 e. The first-order valence-electron chi connectivity index (χ1n) is 7.54. The van der Waals surface area contributed by atoms with Crippen molar-refractivity contribution < 1.29 is 4.79 Å². The zero-order valence-corrected chi connectivity index (χ0v) is 15.2. The minimum Gasteiger partial charge on any atom is -0.353 e. The molecule has 0 bridgehead atoms. The van der Waals surface area contributed by atoms with Gasteiger partial charge in [0.15, 0.2) is 0 Å². The van der Waals surface area contributed by atoms with Crippen molar-refractivity contribution in [3.05, 3.63) is 29.3 Å². The Morgan fingerprint density at radius 3 is 2.82 bits per heavy atom. The maximum atomic E-state index is 11.9. The van der Waals surface area contributed by atoms with Crippen LogP contribution in [0.15, 0.2) is 29.2 Å². The molecule has 0 saturated carbocycles. The third-order valence-electron chi connectivity index (χ3n) is 3.62. The third kappa shape index (κ3) is 7.23. The maximum absolute atomic E-state index is 11.9. The van der Waals surface area contributed by atoms with E-state index in [0.717, 1.165) is 36.6 Å². The number of thioether (sulfide) groups is 1. The van der Waals surface area contributed by atoms with Crippen LogP contribution in [0.2, 0.25) is 5.02 Å². The molecule has 0 spiro atoms. The molecule has 1 aromatic carbocycles. The van der Waals surface area contributed by atoms with Crippen LogP contribution in [0.3, 0.4) is 0 Å². The summed E-state index contributed by atoms with van der Waals surface area (Å²) in [6.07, 6.45) is 3.58. The molecule has 3 nitrogen and oxygen atoms in total. The van der Waals surface area contributed by atoms with E-state index >= 15 is 0 Å². The number of piperidine rings is 1. The number of carbonyl (C=O) groups excluding carboxylic acids is 1. The predicted octanol–water partition coefficient (Wildman–Crippen LogP) is 3.89. The number of hydrogen-bond donors (Lipinski definition) is 2. The molecule has 2 N–H and O–H groups in total. The highest BCUT2D eigenvalue weighted by atomic mass is 35.5. The fourth-order valence-corrected chi connectivity index (χ4v) is 3.50. The van der Waals surface area contributed by atoms with Crippen molar-refractivity contribution in [3.8, 4) is 0 Å². The second-order valence-electron chi connectivity index (χ2n) is 5.55. The fraction of sp³-hybridized carbons (Fsp3) is 0.562. The van der Waals surface area contributed by atoms with Gasteiger partial charge in [-0.25, -0.2) is 0 Å². The van der Waals surface area contributed by atoms with Gasteiger partial charge in [-0.05, 0) is 62.7 Å². The van der Waals surface area contributed by atoms with E-state index in [0.29, 0.717) is 18.5 Å². The molecule has 1 fully saturated rings. The van der Waals surface area contributed by atoms with Gasteiger partial charge < -0.3 is 10.6 Å². The summed E-state index contributed by atoms with van der Waals surface area (Å²) in [5, 5.41) is 7.30. The van der Waals surface area contributed by atoms with Gasteiger partial charge in [0.05, 0.1) is 0 Å². The van der Waals surface area contributed by atoms with Crippen LogP contribution in [-0.2, 0) is 4.79 Å². The van der Waals surface area contributed by atoms with Crippen LogP contribution >= 0.6 is 35.8 Å². The zero-order chi connectivity index (χ0) is 15.1. The van der Waals surface area contributed by atoms with E-state index in [2.05, 4.69) is 17.6 Å². The first-order chi connectivity index (χ1) is 10.1. The smallest absolute Gasteiger partial charge is 0.220 e. The van der Waals surface area contributed by atoms with Crippen LogP contribution in [0.25, 0.3) is 0 Å². The third-order valence-corrected chi connectivity index (χ3v) is 4.97. The highest BCUT2D eigenvalue weighted by Gasteiger charge is 2.19. The summed E-state index contributed by atoms with van der Waals surface area (Å²) in [6, 6.07) is 8.68. The van der Waals surface area contributed by atoms with Gasteiger partial charge in [0.1, 0.15) is 0 Å². The molecule has 1 aliphatic heterocycles. The SMILES string of the molecule is CC1CC(NC(=O)CCCSc2ccc(Cl)cc2)CCN1.Cl. The van der Waals surface area contributed by atoms with Gasteiger partial charge in [0.25, 0.3) is 0 Å². The Hall–Kier alpha value is -0.420. The number of amides is 1. The average molecular weight is 363 g/mol.